The van der Waals surface area contributed by atoms with Gasteiger partial charge in [0.2, 0.25) is 10.0 Å². The maximum atomic E-state index is 12.1. The fourth-order valence-electron chi connectivity index (χ4n) is 1.71. The second-order valence-electron chi connectivity index (χ2n) is 4.37. The molecule has 1 heterocycles. The van der Waals surface area contributed by atoms with E-state index < -0.39 is 16.0 Å². The highest BCUT2D eigenvalue weighted by Gasteiger charge is 2.37. The van der Waals surface area contributed by atoms with Crippen molar-refractivity contribution in [1.29, 1.82) is 0 Å². The van der Waals surface area contributed by atoms with E-state index in [4.69, 9.17) is 5.11 Å². The molecule has 1 aromatic heterocycles. The Labute approximate surface area is 110 Å². The van der Waals surface area contributed by atoms with Gasteiger partial charge < -0.3 is 5.11 Å². The maximum absolute atomic E-state index is 12.1. The van der Waals surface area contributed by atoms with Gasteiger partial charge >= 0.3 is 5.97 Å². The third kappa shape index (κ3) is 3.54. The lowest BCUT2D eigenvalue weighted by atomic mass is 10.3. The standard InChI is InChI=1S/C11H15NO4S2/c13-11(14)4-6-18(15,16)12(10-1-2-10)7-9-3-5-17-8-9/h3,5,8,10H,1-2,4,6-7H2,(H,13,14). The zero-order valence-electron chi connectivity index (χ0n) is 9.78. The molecule has 0 spiro atoms. The van der Waals surface area contributed by atoms with Gasteiger partial charge in [0.05, 0.1) is 12.2 Å². The Kier molecular flexibility index (Phi) is 4.04. The number of nitrogens with zero attached hydrogens (tertiary/aromatic N) is 1. The zero-order chi connectivity index (χ0) is 13.2. The third-order valence-electron chi connectivity index (χ3n) is 2.80. The monoisotopic (exact) mass is 289 g/mol. The van der Waals surface area contributed by atoms with Crippen LogP contribution < -0.4 is 0 Å². The molecule has 0 atom stereocenters. The van der Waals surface area contributed by atoms with Crippen molar-refractivity contribution in [2.45, 2.75) is 31.8 Å². The van der Waals surface area contributed by atoms with Crippen molar-refractivity contribution >= 4 is 27.3 Å². The summed E-state index contributed by atoms with van der Waals surface area (Å²) in [5, 5.41) is 12.4. The van der Waals surface area contributed by atoms with Gasteiger partial charge in [-0.05, 0) is 35.2 Å². The molecule has 1 saturated carbocycles. The fraction of sp³-hybridized carbons (Fsp3) is 0.545. The van der Waals surface area contributed by atoms with Crippen molar-refractivity contribution in [3.05, 3.63) is 22.4 Å². The molecule has 1 aromatic rings. The van der Waals surface area contributed by atoms with E-state index in [0.717, 1.165) is 18.4 Å². The van der Waals surface area contributed by atoms with E-state index in [9.17, 15) is 13.2 Å². The van der Waals surface area contributed by atoms with Crippen LogP contribution in [0.5, 0.6) is 0 Å². The minimum Gasteiger partial charge on any atom is -0.481 e. The van der Waals surface area contributed by atoms with Gasteiger partial charge in [0, 0.05) is 12.6 Å². The SMILES string of the molecule is O=C(O)CCS(=O)(=O)N(Cc1ccsc1)C1CC1. The molecule has 0 amide bonds. The van der Waals surface area contributed by atoms with E-state index in [1.807, 2.05) is 16.8 Å². The van der Waals surface area contributed by atoms with E-state index in [2.05, 4.69) is 0 Å². The fourth-order valence-corrected chi connectivity index (χ4v) is 4.05. The van der Waals surface area contributed by atoms with Crippen LogP contribution in [0.4, 0.5) is 0 Å². The van der Waals surface area contributed by atoms with E-state index in [1.54, 1.807) is 0 Å². The summed E-state index contributed by atoms with van der Waals surface area (Å²) in [5.41, 5.74) is 0.964. The van der Waals surface area contributed by atoms with E-state index in [-0.39, 0.29) is 18.2 Å². The Hall–Kier alpha value is -0.920. The first-order valence-electron chi connectivity index (χ1n) is 5.71. The van der Waals surface area contributed by atoms with Crippen LogP contribution in [0.1, 0.15) is 24.8 Å². The molecule has 2 rings (SSSR count). The Morgan fingerprint density at radius 3 is 2.72 bits per heavy atom. The first-order chi connectivity index (χ1) is 8.49. The minimum atomic E-state index is -3.47. The summed E-state index contributed by atoms with van der Waals surface area (Å²) in [6.45, 7) is 0.357. The van der Waals surface area contributed by atoms with Gasteiger partial charge in [0.25, 0.3) is 0 Å². The molecule has 0 saturated heterocycles. The molecule has 100 valence electrons. The van der Waals surface area contributed by atoms with Crippen LogP contribution >= 0.6 is 11.3 Å². The highest BCUT2D eigenvalue weighted by atomic mass is 32.2. The minimum absolute atomic E-state index is 0.0590. The lowest BCUT2D eigenvalue weighted by Crippen LogP contribution is -2.35. The molecule has 0 radical (unpaired) electrons. The summed E-state index contributed by atoms with van der Waals surface area (Å²) in [7, 11) is -3.47. The van der Waals surface area contributed by atoms with Crippen molar-refractivity contribution < 1.29 is 18.3 Å². The molecule has 1 aliphatic rings. The van der Waals surface area contributed by atoms with E-state index in [0.29, 0.717) is 6.54 Å². The summed E-state index contributed by atoms with van der Waals surface area (Å²) >= 11 is 1.53. The summed E-state index contributed by atoms with van der Waals surface area (Å²) < 4.78 is 25.7. The van der Waals surface area contributed by atoms with Crippen molar-refractivity contribution in [2.24, 2.45) is 0 Å². The number of carbonyl (C=O) groups is 1. The highest BCUT2D eigenvalue weighted by Crippen LogP contribution is 2.31. The first-order valence-corrected chi connectivity index (χ1v) is 8.26. The van der Waals surface area contributed by atoms with Crippen LogP contribution in [0.15, 0.2) is 16.8 Å². The summed E-state index contributed by atoms with van der Waals surface area (Å²) in [5.74, 6) is -1.40. The Morgan fingerprint density at radius 1 is 1.50 bits per heavy atom. The van der Waals surface area contributed by atoms with E-state index >= 15 is 0 Å². The normalized spacial score (nSPS) is 16.1. The second kappa shape index (κ2) is 5.38. The number of carboxylic acid groups (broad SMARTS) is 1. The van der Waals surface area contributed by atoms with Gasteiger partial charge in [-0.3, -0.25) is 4.79 Å². The van der Waals surface area contributed by atoms with Crippen LogP contribution in [-0.2, 0) is 21.4 Å². The van der Waals surface area contributed by atoms with Gasteiger partial charge in [-0.25, -0.2) is 8.42 Å². The summed E-state index contributed by atoms with van der Waals surface area (Å²) in [6.07, 6.45) is 1.40. The Morgan fingerprint density at radius 2 is 2.22 bits per heavy atom. The molecular formula is C11H15NO4S2. The molecule has 1 fully saturated rings. The van der Waals surface area contributed by atoms with Crippen LogP contribution in [0.2, 0.25) is 0 Å². The van der Waals surface area contributed by atoms with Crippen molar-refractivity contribution in [1.82, 2.24) is 4.31 Å². The number of thiophene rings is 1. The number of carboxylic acids is 1. The van der Waals surface area contributed by atoms with Crippen molar-refractivity contribution in [2.75, 3.05) is 5.75 Å². The van der Waals surface area contributed by atoms with Gasteiger partial charge in [-0.15, -0.1) is 0 Å². The molecule has 0 aliphatic heterocycles. The smallest absolute Gasteiger partial charge is 0.304 e. The van der Waals surface area contributed by atoms with Crippen molar-refractivity contribution in [3.63, 3.8) is 0 Å². The van der Waals surface area contributed by atoms with E-state index in [1.165, 1.54) is 15.6 Å². The predicted octanol–water partition coefficient (Wildman–Crippen LogP) is 1.52. The number of aliphatic carboxylic acids is 1. The number of hydrogen-bond donors (Lipinski definition) is 1. The maximum Gasteiger partial charge on any atom is 0.304 e. The Balaban J connectivity index is 2.07. The number of sulfonamides is 1. The molecular weight excluding hydrogens is 274 g/mol. The lowest BCUT2D eigenvalue weighted by molar-refractivity contribution is -0.136. The van der Waals surface area contributed by atoms with Crippen LogP contribution in [0, 0.1) is 0 Å². The average molecular weight is 289 g/mol. The van der Waals surface area contributed by atoms with Gasteiger partial charge in [-0.2, -0.15) is 15.6 Å². The molecule has 5 nitrogen and oxygen atoms in total. The number of rotatable bonds is 7. The predicted molar refractivity (Wildman–Crippen MR) is 68.9 cm³/mol. The van der Waals surface area contributed by atoms with Crippen LogP contribution in [-0.4, -0.2) is 35.6 Å². The molecule has 0 unspecified atom stereocenters. The number of hydrogen-bond acceptors (Lipinski definition) is 4. The molecule has 0 aromatic carbocycles. The quantitative estimate of drug-likeness (QED) is 0.825. The molecule has 7 heteroatoms. The van der Waals surface area contributed by atoms with Crippen LogP contribution in [0.25, 0.3) is 0 Å². The summed E-state index contributed by atoms with van der Waals surface area (Å²) in [6, 6.07) is 1.95. The van der Waals surface area contributed by atoms with Crippen LogP contribution in [0.3, 0.4) is 0 Å². The molecule has 18 heavy (non-hydrogen) atoms. The lowest BCUT2D eigenvalue weighted by Gasteiger charge is -2.21. The van der Waals surface area contributed by atoms with Gasteiger partial charge in [0.15, 0.2) is 0 Å². The largest absolute Gasteiger partial charge is 0.481 e. The zero-order valence-corrected chi connectivity index (χ0v) is 11.4. The second-order valence-corrected chi connectivity index (χ2v) is 7.19. The molecule has 1 aliphatic carbocycles. The van der Waals surface area contributed by atoms with Gasteiger partial charge in [0.1, 0.15) is 0 Å². The first kappa shape index (κ1) is 13.5. The average Bonchev–Trinajstić information content (AvgIpc) is 3.00. The van der Waals surface area contributed by atoms with Crippen molar-refractivity contribution in [3.8, 4) is 0 Å². The molecule has 1 N–H and O–H groups in total. The Bertz CT molecular complexity index is 505. The third-order valence-corrected chi connectivity index (χ3v) is 5.40. The highest BCUT2D eigenvalue weighted by molar-refractivity contribution is 7.89. The van der Waals surface area contributed by atoms with Gasteiger partial charge in [-0.1, -0.05) is 0 Å². The summed E-state index contributed by atoms with van der Waals surface area (Å²) in [4.78, 5) is 10.5. The molecule has 0 bridgehead atoms. The topological polar surface area (TPSA) is 74.7 Å².